The van der Waals surface area contributed by atoms with Gasteiger partial charge in [0.25, 0.3) is 0 Å². The second-order valence-corrected chi connectivity index (χ2v) is 11.7. The van der Waals surface area contributed by atoms with Gasteiger partial charge in [0.05, 0.1) is 22.4 Å². The molecule has 0 spiro atoms. The van der Waals surface area contributed by atoms with Crippen molar-refractivity contribution in [2.45, 2.75) is 91.6 Å². The molecular weight excluding hydrogens is 426 g/mol. The molecule has 0 radical (unpaired) electrons. The van der Waals surface area contributed by atoms with Gasteiger partial charge in [-0.15, -0.1) is 0 Å². The summed E-state index contributed by atoms with van der Waals surface area (Å²) in [5.74, 6) is -0.00376. The lowest BCUT2D eigenvalue weighted by Gasteiger charge is -2.32. The van der Waals surface area contributed by atoms with Crippen molar-refractivity contribution < 1.29 is 23.4 Å². The van der Waals surface area contributed by atoms with Crippen LogP contribution < -0.4 is 10.9 Å². The maximum atomic E-state index is 13.4. The van der Waals surface area contributed by atoms with Crippen LogP contribution in [0.1, 0.15) is 82.4 Å². The summed E-state index contributed by atoms with van der Waals surface area (Å²) in [5, 5.41) is 0. The average molecular weight is 462 g/mol. The Balaban J connectivity index is 1.56. The molecule has 0 atom stereocenters. The Morgan fingerprint density at radius 1 is 0.588 bits per heavy atom. The highest BCUT2D eigenvalue weighted by Gasteiger charge is 2.52. The molecule has 0 aliphatic carbocycles. The highest BCUT2D eigenvalue weighted by molar-refractivity contribution is 6.62. The third kappa shape index (κ3) is 4.17. The Kier molecular flexibility index (Phi) is 5.97. The zero-order valence-electron chi connectivity index (χ0n) is 22.2. The van der Waals surface area contributed by atoms with Crippen LogP contribution in [0.5, 0.6) is 0 Å². The van der Waals surface area contributed by atoms with Crippen molar-refractivity contribution in [1.82, 2.24) is 0 Å². The number of aryl methyl sites for hydroxylation is 2. The second kappa shape index (κ2) is 8.06. The Morgan fingerprint density at radius 2 is 0.882 bits per heavy atom. The fraction of sp³-hybridized carbons (Fsp3) is 0.519. The SMILES string of the molecule is Cc1cc(B2OC(C)(C)C(C)(C)O2)ccc1C(=O)c1ccc(B2OC(C)(C)C(C)(C)O2)cc1C. The molecule has 2 heterocycles. The molecule has 2 aromatic carbocycles. The fourth-order valence-electron chi connectivity index (χ4n) is 4.28. The van der Waals surface area contributed by atoms with Crippen LogP contribution in [0, 0.1) is 13.8 Å². The van der Waals surface area contributed by atoms with Gasteiger partial charge in [0.1, 0.15) is 0 Å². The minimum absolute atomic E-state index is 0.00376. The first-order chi connectivity index (χ1) is 15.5. The molecule has 2 fully saturated rings. The average Bonchev–Trinajstić information content (AvgIpc) is 3.07. The Hall–Kier alpha value is -1.92. The maximum Gasteiger partial charge on any atom is 0.494 e. The number of benzene rings is 2. The van der Waals surface area contributed by atoms with E-state index in [0.29, 0.717) is 11.1 Å². The number of carbonyl (C=O) groups is 1. The molecular formula is C27H36B2O5. The molecule has 180 valence electrons. The van der Waals surface area contributed by atoms with E-state index < -0.39 is 36.6 Å². The van der Waals surface area contributed by atoms with E-state index in [1.54, 1.807) is 0 Å². The summed E-state index contributed by atoms with van der Waals surface area (Å²) in [6, 6.07) is 11.6. The van der Waals surface area contributed by atoms with Crippen LogP contribution in [0.4, 0.5) is 0 Å². The van der Waals surface area contributed by atoms with Crippen LogP contribution in [0.3, 0.4) is 0 Å². The predicted octanol–water partition coefficient (Wildman–Crippen LogP) is 4.13. The van der Waals surface area contributed by atoms with E-state index in [1.165, 1.54) is 0 Å². The van der Waals surface area contributed by atoms with Crippen LogP contribution in [0.25, 0.3) is 0 Å². The summed E-state index contributed by atoms with van der Waals surface area (Å²) < 4.78 is 24.7. The number of ketones is 1. The smallest absolute Gasteiger partial charge is 0.399 e. The molecule has 7 heteroatoms. The molecule has 0 bridgehead atoms. The predicted molar refractivity (Wildman–Crippen MR) is 137 cm³/mol. The molecule has 2 aliphatic heterocycles. The van der Waals surface area contributed by atoms with E-state index in [2.05, 4.69) is 0 Å². The molecule has 4 rings (SSSR count). The van der Waals surface area contributed by atoms with Crippen LogP contribution in [-0.4, -0.2) is 42.4 Å². The van der Waals surface area contributed by atoms with Gasteiger partial charge in [-0.05, 0) is 91.3 Å². The molecule has 2 aromatic rings. The van der Waals surface area contributed by atoms with Gasteiger partial charge in [-0.2, -0.15) is 0 Å². The highest BCUT2D eigenvalue weighted by atomic mass is 16.7. The molecule has 0 N–H and O–H groups in total. The maximum absolute atomic E-state index is 13.4. The lowest BCUT2D eigenvalue weighted by molar-refractivity contribution is 0.00578. The van der Waals surface area contributed by atoms with E-state index in [1.807, 2.05) is 106 Å². The van der Waals surface area contributed by atoms with E-state index >= 15 is 0 Å². The lowest BCUT2D eigenvalue weighted by atomic mass is 9.76. The summed E-state index contributed by atoms with van der Waals surface area (Å²) in [6.07, 6.45) is 0. The largest absolute Gasteiger partial charge is 0.494 e. The van der Waals surface area contributed by atoms with Crippen molar-refractivity contribution in [3.05, 3.63) is 58.7 Å². The number of carbonyl (C=O) groups excluding carboxylic acids is 1. The quantitative estimate of drug-likeness (QED) is 0.506. The van der Waals surface area contributed by atoms with Crippen molar-refractivity contribution in [3.63, 3.8) is 0 Å². The van der Waals surface area contributed by atoms with Crippen LogP contribution in [0.2, 0.25) is 0 Å². The first kappa shape index (κ1) is 25.2. The minimum atomic E-state index is -0.450. The van der Waals surface area contributed by atoms with Gasteiger partial charge < -0.3 is 18.6 Å². The van der Waals surface area contributed by atoms with Gasteiger partial charge in [-0.1, -0.05) is 36.4 Å². The molecule has 5 nitrogen and oxygen atoms in total. The summed E-state index contributed by atoms with van der Waals surface area (Å²) in [7, 11) is -0.900. The summed E-state index contributed by atoms with van der Waals surface area (Å²) in [4.78, 5) is 13.4. The highest BCUT2D eigenvalue weighted by Crippen LogP contribution is 2.37. The standard InChI is InChI=1S/C27H36B2O5/c1-17-15-19(28-31-24(3,4)25(5,6)32-28)11-13-21(17)23(30)22-14-12-20(16-18(22)2)29-33-26(7,8)27(9,10)34-29/h11-16H,1-10H3. The Bertz CT molecular complexity index is 1020. The summed E-state index contributed by atoms with van der Waals surface area (Å²) >= 11 is 0. The van der Waals surface area contributed by atoms with Crippen molar-refractivity contribution in [3.8, 4) is 0 Å². The zero-order chi connectivity index (χ0) is 25.3. The van der Waals surface area contributed by atoms with E-state index in [0.717, 1.165) is 22.1 Å². The zero-order valence-corrected chi connectivity index (χ0v) is 22.2. The lowest BCUT2D eigenvalue weighted by Crippen LogP contribution is -2.41. The molecule has 2 aliphatic rings. The second-order valence-electron chi connectivity index (χ2n) is 11.7. The van der Waals surface area contributed by atoms with Crippen LogP contribution in [0.15, 0.2) is 36.4 Å². The first-order valence-corrected chi connectivity index (χ1v) is 12.0. The van der Waals surface area contributed by atoms with Gasteiger partial charge >= 0.3 is 14.2 Å². The Labute approximate surface area is 204 Å². The van der Waals surface area contributed by atoms with Gasteiger partial charge in [0, 0.05) is 11.1 Å². The molecule has 2 saturated heterocycles. The molecule has 0 amide bonds. The molecule has 0 unspecified atom stereocenters. The molecule has 0 aromatic heterocycles. The van der Waals surface area contributed by atoms with Gasteiger partial charge in [0.2, 0.25) is 0 Å². The third-order valence-corrected chi connectivity index (χ3v) is 8.04. The van der Waals surface area contributed by atoms with E-state index in [-0.39, 0.29) is 5.78 Å². The van der Waals surface area contributed by atoms with Crippen LogP contribution in [-0.2, 0) is 18.6 Å². The number of hydrogen-bond donors (Lipinski definition) is 0. The molecule has 0 saturated carbocycles. The monoisotopic (exact) mass is 462 g/mol. The number of rotatable bonds is 4. The Morgan fingerprint density at radius 3 is 1.15 bits per heavy atom. The summed E-state index contributed by atoms with van der Waals surface area (Å²) in [6.45, 7) is 20.2. The third-order valence-electron chi connectivity index (χ3n) is 8.04. The molecule has 34 heavy (non-hydrogen) atoms. The number of hydrogen-bond acceptors (Lipinski definition) is 5. The van der Waals surface area contributed by atoms with Crippen molar-refractivity contribution >= 4 is 30.9 Å². The normalized spacial score (nSPS) is 22.3. The fourth-order valence-corrected chi connectivity index (χ4v) is 4.28. The topological polar surface area (TPSA) is 54.0 Å². The van der Waals surface area contributed by atoms with Gasteiger partial charge in [0.15, 0.2) is 5.78 Å². The van der Waals surface area contributed by atoms with Crippen molar-refractivity contribution in [2.75, 3.05) is 0 Å². The minimum Gasteiger partial charge on any atom is -0.399 e. The first-order valence-electron chi connectivity index (χ1n) is 12.0. The van der Waals surface area contributed by atoms with E-state index in [4.69, 9.17) is 18.6 Å². The van der Waals surface area contributed by atoms with Gasteiger partial charge in [-0.25, -0.2) is 0 Å². The van der Waals surface area contributed by atoms with Crippen LogP contribution >= 0.6 is 0 Å². The summed E-state index contributed by atoms with van der Waals surface area (Å²) in [5.41, 5.74) is 3.34. The van der Waals surface area contributed by atoms with Gasteiger partial charge in [-0.3, -0.25) is 4.79 Å². The van der Waals surface area contributed by atoms with Crippen molar-refractivity contribution in [1.29, 1.82) is 0 Å². The van der Waals surface area contributed by atoms with Crippen molar-refractivity contribution in [2.24, 2.45) is 0 Å². The van der Waals surface area contributed by atoms with E-state index in [9.17, 15) is 4.79 Å².